The molecular formula is C13H26N2. The minimum absolute atomic E-state index is 0.866. The first-order valence-corrected chi connectivity index (χ1v) is 6.70. The summed E-state index contributed by atoms with van der Waals surface area (Å²) in [6, 6.07) is 0.866. The lowest BCUT2D eigenvalue weighted by atomic mass is 9.90. The van der Waals surface area contributed by atoms with Crippen molar-refractivity contribution in [2.75, 3.05) is 26.2 Å². The number of rotatable bonds is 1. The van der Waals surface area contributed by atoms with Gasteiger partial charge in [0, 0.05) is 19.1 Å². The van der Waals surface area contributed by atoms with E-state index in [2.05, 4.69) is 24.1 Å². The second-order valence-electron chi connectivity index (χ2n) is 5.73. The molecule has 2 heterocycles. The largest absolute Gasteiger partial charge is 0.317 e. The number of nitrogens with zero attached hydrogens (tertiary/aromatic N) is 1. The summed E-state index contributed by atoms with van der Waals surface area (Å²) in [7, 11) is 0. The van der Waals surface area contributed by atoms with Crippen LogP contribution in [0.5, 0.6) is 0 Å². The number of nitrogens with one attached hydrogen (secondary N) is 1. The summed E-state index contributed by atoms with van der Waals surface area (Å²) in [5.41, 5.74) is 0. The van der Waals surface area contributed by atoms with Crippen LogP contribution in [-0.4, -0.2) is 37.1 Å². The maximum Gasteiger partial charge on any atom is 0.0108 e. The lowest BCUT2D eigenvalue weighted by molar-refractivity contribution is 0.0888. The van der Waals surface area contributed by atoms with E-state index in [4.69, 9.17) is 0 Å². The van der Waals surface area contributed by atoms with Crippen molar-refractivity contribution >= 4 is 0 Å². The molecule has 2 rings (SSSR count). The molecule has 0 amide bonds. The molecule has 2 aliphatic heterocycles. The molecule has 0 aromatic carbocycles. The zero-order valence-corrected chi connectivity index (χ0v) is 10.3. The number of likely N-dealkylation sites (tertiary alicyclic amines) is 1. The summed E-state index contributed by atoms with van der Waals surface area (Å²) < 4.78 is 0. The fourth-order valence-corrected chi connectivity index (χ4v) is 3.38. The third-order valence-electron chi connectivity index (χ3n) is 3.96. The smallest absolute Gasteiger partial charge is 0.0108 e. The first-order chi connectivity index (χ1) is 7.25. The van der Waals surface area contributed by atoms with Crippen molar-refractivity contribution in [3.63, 3.8) is 0 Å². The molecule has 2 saturated heterocycles. The average Bonchev–Trinajstić information content (AvgIpc) is 2.43. The van der Waals surface area contributed by atoms with Gasteiger partial charge in [0.05, 0.1) is 0 Å². The summed E-state index contributed by atoms with van der Waals surface area (Å²) >= 11 is 0. The van der Waals surface area contributed by atoms with E-state index in [0.717, 1.165) is 17.9 Å². The van der Waals surface area contributed by atoms with Crippen molar-refractivity contribution in [2.45, 2.75) is 45.6 Å². The van der Waals surface area contributed by atoms with E-state index in [-0.39, 0.29) is 0 Å². The summed E-state index contributed by atoms with van der Waals surface area (Å²) in [5, 5.41) is 3.51. The van der Waals surface area contributed by atoms with Crippen molar-refractivity contribution in [1.82, 2.24) is 10.2 Å². The second-order valence-corrected chi connectivity index (χ2v) is 5.73. The van der Waals surface area contributed by atoms with Crippen molar-refractivity contribution in [3.05, 3.63) is 0 Å². The van der Waals surface area contributed by atoms with Crippen LogP contribution in [0.1, 0.15) is 39.5 Å². The SMILES string of the molecule is CC1CC(C)CN(C2CCCNCC2)C1. The van der Waals surface area contributed by atoms with Crippen LogP contribution < -0.4 is 5.32 Å². The van der Waals surface area contributed by atoms with Crippen LogP contribution in [0.2, 0.25) is 0 Å². The van der Waals surface area contributed by atoms with E-state index in [9.17, 15) is 0 Å². The maximum absolute atomic E-state index is 3.51. The average molecular weight is 210 g/mol. The predicted octanol–water partition coefficient (Wildman–Crippen LogP) is 2.11. The number of hydrogen-bond acceptors (Lipinski definition) is 2. The molecule has 0 radical (unpaired) electrons. The van der Waals surface area contributed by atoms with Gasteiger partial charge in [0.15, 0.2) is 0 Å². The Morgan fingerprint density at radius 3 is 2.47 bits per heavy atom. The van der Waals surface area contributed by atoms with Crippen LogP contribution in [0.15, 0.2) is 0 Å². The van der Waals surface area contributed by atoms with Crippen LogP contribution in [0.3, 0.4) is 0 Å². The molecule has 88 valence electrons. The monoisotopic (exact) mass is 210 g/mol. The van der Waals surface area contributed by atoms with Gasteiger partial charge in [-0.15, -0.1) is 0 Å². The predicted molar refractivity (Wildman–Crippen MR) is 65.0 cm³/mol. The van der Waals surface area contributed by atoms with Crippen molar-refractivity contribution in [3.8, 4) is 0 Å². The Morgan fingerprint density at radius 1 is 1.00 bits per heavy atom. The number of hydrogen-bond donors (Lipinski definition) is 1. The Morgan fingerprint density at radius 2 is 1.73 bits per heavy atom. The third-order valence-corrected chi connectivity index (χ3v) is 3.96. The molecule has 0 saturated carbocycles. The fourth-order valence-electron chi connectivity index (χ4n) is 3.38. The van der Waals surface area contributed by atoms with Gasteiger partial charge in [-0.25, -0.2) is 0 Å². The normalized spacial score (nSPS) is 40.0. The van der Waals surface area contributed by atoms with E-state index in [0.29, 0.717) is 0 Å². The molecule has 2 fully saturated rings. The van der Waals surface area contributed by atoms with E-state index in [1.54, 1.807) is 0 Å². The van der Waals surface area contributed by atoms with Gasteiger partial charge in [-0.1, -0.05) is 13.8 Å². The van der Waals surface area contributed by atoms with Gasteiger partial charge in [0.2, 0.25) is 0 Å². The first kappa shape index (κ1) is 11.4. The molecule has 1 N–H and O–H groups in total. The molecule has 0 spiro atoms. The maximum atomic E-state index is 3.51. The van der Waals surface area contributed by atoms with Gasteiger partial charge in [-0.2, -0.15) is 0 Å². The van der Waals surface area contributed by atoms with E-state index < -0.39 is 0 Å². The quantitative estimate of drug-likeness (QED) is 0.713. The van der Waals surface area contributed by atoms with E-state index in [1.807, 2.05) is 0 Å². The van der Waals surface area contributed by atoms with Crippen LogP contribution >= 0.6 is 0 Å². The zero-order valence-electron chi connectivity index (χ0n) is 10.3. The Hall–Kier alpha value is -0.0800. The first-order valence-electron chi connectivity index (χ1n) is 6.70. The summed E-state index contributed by atoms with van der Waals surface area (Å²) in [5.74, 6) is 1.81. The minimum Gasteiger partial charge on any atom is -0.317 e. The second kappa shape index (κ2) is 5.31. The highest BCUT2D eigenvalue weighted by Gasteiger charge is 2.27. The molecule has 0 bridgehead atoms. The molecule has 0 aromatic heterocycles. The van der Waals surface area contributed by atoms with Crippen LogP contribution in [0.4, 0.5) is 0 Å². The van der Waals surface area contributed by atoms with Crippen LogP contribution in [0, 0.1) is 11.8 Å². The highest BCUT2D eigenvalue weighted by molar-refractivity contribution is 4.82. The molecule has 0 aliphatic carbocycles. The highest BCUT2D eigenvalue weighted by Crippen LogP contribution is 2.25. The fraction of sp³-hybridized carbons (Fsp3) is 1.00. The Kier molecular flexibility index (Phi) is 4.04. The topological polar surface area (TPSA) is 15.3 Å². The Balaban J connectivity index is 1.89. The lowest BCUT2D eigenvalue weighted by Crippen LogP contribution is -2.45. The Bertz CT molecular complexity index is 175. The summed E-state index contributed by atoms with van der Waals surface area (Å²) in [6.07, 6.45) is 5.57. The van der Waals surface area contributed by atoms with Gasteiger partial charge < -0.3 is 5.32 Å². The molecule has 0 aromatic rings. The van der Waals surface area contributed by atoms with Crippen LogP contribution in [0.25, 0.3) is 0 Å². The van der Waals surface area contributed by atoms with E-state index in [1.165, 1.54) is 51.9 Å². The van der Waals surface area contributed by atoms with Crippen molar-refractivity contribution in [2.24, 2.45) is 11.8 Å². The van der Waals surface area contributed by atoms with Gasteiger partial charge >= 0.3 is 0 Å². The molecule has 2 heteroatoms. The summed E-state index contributed by atoms with van der Waals surface area (Å²) in [6.45, 7) is 9.97. The minimum atomic E-state index is 0.866. The molecular weight excluding hydrogens is 184 g/mol. The number of piperidine rings is 1. The molecule has 2 aliphatic rings. The molecule has 15 heavy (non-hydrogen) atoms. The van der Waals surface area contributed by atoms with Crippen molar-refractivity contribution in [1.29, 1.82) is 0 Å². The molecule has 2 nitrogen and oxygen atoms in total. The standard InChI is InChI=1S/C13H26N2/c1-11-8-12(2)10-15(9-11)13-4-3-6-14-7-5-13/h11-14H,3-10H2,1-2H3. The lowest BCUT2D eigenvalue weighted by Gasteiger charge is -2.40. The zero-order chi connectivity index (χ0) is 10.7. The van der Waals surface area contributed by atoms with Gasteiger partial charge in [0.25, 0.3) is 0 Å². The van der Waals surface area contributed by atoms with Crippen LogP contribution in [-0.2, 0) is 0 Å². The van der Waals surface area contributed by atoms with E-state index >= 15 is 0 Å². The highest BCUT2D eigenvalue weighted by atomic mass is 15.2. The Labute approximate surface area is 94.4 Å². The summed E-state index contributed by atoms with van der Waals surface area (Å²) in [4.78, 5) is 2.77. The van der Waals surface area contributed by atoms with Crippen molar-refractivity contribution < 1.29 is 0 Å². The molecule has 3 atom stereocenters. The molecule has 3 unspecified atom stereocenters. The third kappa shape index (κ3) is 3.18. The van der Waals surface area contributed by atoms with Gasteiger partial charge in [-0.05, 0) is 50.6 Å². The van der Waals surface area contributed by atoms with Gasteiger partial charge in [0.1, 0.15) is 0 Å². The van der Waals surface area contributed by atoms with Gasteiger partial charge in [-0.3, -0.25) is 4.90 Å².